The van der Waals surface area contributed by atoms with Crippen LogP contribution in [-0.2, 0) is 14.4 Å². The van der Waals surface area contributed by atoms with Gasteiger partial charge in [0.15, 0.2) is 6.61 Å². The standard InChI is InChI=1S/C16H18N2O5S.Ba.K.3H/c1-16(2)12(15(21)22)18-13(20)11(14(18)24-16)17-10(19)8-23-9-6-4-3-5-7-9;;;;;/h3-7,11-12,14H,8H2,1-2H3,(H,17,19)(H,21,22);;;;;/q;+2;+1;3*-1/t11-,12+,14-;;;;;/m1...../s1. The Hall–Kier alpha value is 0.988. The van der Waals surface area contributed by atoms with Gasteiger partial charge in [-0.2, -0.15) is 0 Å². The number of nitrogens with zero attached hydrogens (tertiary/aromatic N) is 1. The van der Waals surface area contributed by atoms with Crippen LogP contribution in [0.4, 0.5) is 0 Å². The van der Waals surface area contributed by atoms with Crippen molar-refractivity contribution in [3.63, 3.8) is 0 Å². The molecule has 10 heteroatoms. The summed E-state index contributed by atoms with van der Waals surface area (Å²) in [6.45, 7) is 3.38. The van der Waals surface area contributed by atoms with E-state index in [2.05, 4.69) is 5.32 Å². The zero-order chi connectivity index (χ0) is 17.5. The zero-order valence-electron chi connectivity index (χ0n) is 18.0. The second-order valence-corrected chi connectivity index (χ2v) is 8.02. The first-order valence-electron chi connectivity index (χ1n) is 7.51. The number of ether oxygens (including phenoxy) is 1. The van der Waals surface area contributed by atoms with E-state index in [1.165, 1.54) is 16.7 Å². The largest absolute Gasteiger partial charge is 2.00 e. The third kappa shape index (κ3) is 5.12. The number of hydrogen-bond acceptors (Lipinski definition) is 5. The minimum atomic E-state index is -1.03. The van der Waals surface area contributed by atoms with Gasteiger partial charge in [-0.1, -0.05) is 18.2 Å². The third-order valence-electron chi connectivity index (χ3n) is 4.10. The van der Waals surface area contributed by atoms with Crippen LogP contribution in [0.15, 0.2) is 30.3 Å². The first-order valence-corrected chi connectivity index (χ1v) is 8.39. The summed E-state index contributed by atoms with van der Waals surface area (Å²) in [7, 11) is 0. The molecule has 134 valence electrons. The monoisotopic (exact) mass is 530 g/mol. The van der Waals surface area contributed by atoms with E-state index in [1.807, 2.05) is 6.07 Å². The number of rotatable bonds is 5. The van der Waals surface area contributed by atoms with Gasteiger partial charge in [-0.3, -0.25) is 9.59 Å². The quantitative estimate of drug-likeness (QED) is 0.328. The average molecular weight is 530 g/mol. The Morgan fingerprint density at radius 3 is 2.54 bits per heavy atom. The van der Waals surface area contributed by atoms with Crippen molar-refractivity contribution in [2.75, 3.05) is 6.61 Å². The van der Waals surface area contributed by atoms with Gasteiger partial charge in [0.05, 0.1) is 0 Å². The Morgan fingerprint density at radius 1 is 1.35 bits per heavy atom. The van der Waals surface area contributed by atoms with Gasteiger partial charge in [-0.15, -0.1) is 11.8 Å². The summed E-state index contributed by atoms with van der Waals surface area (Å²) < 4.78 is 4.74. The van der Waals surface area contributed by atoms with Crippen LogP contribution < -0.4 is 61.4 Å². The number of benzene rings is 1. The Kier molecular flexibility index (Phi) is 9.77. The molecule has 3 atom stereocenters. The molecule has 0 spiro atoms. The summed E-state index contributed by atoms with van der Waals surface area (Å²) >= 11 is 1.39. The SMILES string of the molecule is CC1(C)S[C@@H]2[C@H](NC(=O)COc3ccccc3)C(=O)N2[C@H]1C(=O)O.[Ba+2].[H-].[H-].[H-].[K+]. The fourth-order valence-corrected chi connectivity index (χ4v) is 4.65. The van der Waals surface area contributed by atoms with Crippen molar-refractivity contribution in [2.45, 2.75) is 36.1 Å². The fourth-order valence-electron chi connectivity index (χ4n) is 3.03. The maximum atomic E-state index is 12.2. The van der Waals surface area contributed by atoms with E-state index in [0.717, 1.165) is 0 Å². The van der Waals surface area contributed by atoms with Crippen LogP contribution in [0.1, 0.15) is 18.1 Å². The maximum absolute atomic E-state index is 12.2. The van der Waals surface area contributed by atoms with E-state index < -0.39 is 28.7 Å². The molecule has 2 aliphatic heterocycles. The molecule has 7 nitrogen and oxygen atoms in total. The van der Waals surface area contributed by atoms with Crippen molar-refractivity contribution >= 4 is 78.4 Å². The molecule has 0 aromatic heterocycles. The Bertz CT molecular complexity index is 704. The first kappa shape index (κ1) is 25.0. The number of carboxylic acids is 1. The number of carbonyl (C=O) groups is 3. The Labute approximate surface area is 243 Å². The van der Waals surface area contributed by atoms with Gasteiger partial charge >= 0.3 is 106 Å². The fraction of sp³-hybridized carbons (Fsp3) is 0.438. The van der Waals surface area contributed by atoms with Gasteiger partial charge in [0.25, 0.3) is 5.91 Å². The molecule has 0 radical (unpaired) electrons. The summed E-state index contributed by atoms with van der Waals surface area (Å²) in [5.41, 5.74) is 0. The number of fused-ring (bicyclic) bond motifs is 1. The molecule has 0 saturated carbocycles. The van der Waals surface area contributed by atoms with Crippen LogP contribution >= 0.6 is 11.8 Å². The number of para-hydroxylation sites is 1. The number of nitrogens with one attached hydrogen (secondary N) is 1. The van der Waals surface area contributed by atoms with Crippen molar-refractivity contribution in [3.05, 3.63) is 30.3 Å². The second-order valence-electron chi connectivity index (χ2n) is 6.25. The first-order chi connectivity index (χ1) is 11.3. The average Bonchev–Trinajstić information content (AvgIpc) is 2.80. The van der Waals surface area contributed by atoms with Gasteiger partial charge in [0.2, 0.25) is 5.91 Å². The van der Waals surface area contributed by atoms with Crippen LogP contribution in [0, 0.1) is 0 Å². The van der Waals surface area contributed by atoms with Crippen molar-refractivity contribution < 1.29 is 79.9 Å². The van der Waals surface area contributed by atoms with Gasteiger partial charge in [0, 0.05) is 4.75 Å². The number of carboxylic acid groups (broad SMARTS) is 1. The van der Waals surface area contributed by atoms with E-state index >= 15 is 0 Å². The van der Waals surface area contributed by atoms with Crippen molar-refractivity contribution in [1.29, 1.82) is 0 Å². The third-order valence-corrected chi connectivity index (χ3v) is 5.68. The molecule has 0 bridgehead atoms. The molecular formula is C16H21BaKN2O5S. The van der Waals surface area contributed by atoms with Crippen molar-refractivity contribution in [1.82, 2.24) is 10.2 Å². The predicted octanol–water partition coefficient (Wildman–Crippen LogP) is -2.34. The normalized spacial score (nSPS) is 25.1. The van der Waals surface area contributed by atoms with Crippen LogP contribution in [0.2, 0.25) is 0 Å². The Morgan fingerprint density at radius 2 is 1.96 bits per heavy atom. The van der Waals surface area contributed by atoms with Crippen LogP contribution in [0.25, 0.3) is 0 Å². The van der Waals surface area contributed by atoms with E-state index in [9.17, 15) is 19.5 Å². The number of carbonyl (C=O) groups excluding carboxylic acids is 2. The smallest absolute Gasteiger partial charge is 1.00 e. The van der Waals surface area contributed by atoms with E-state index in [1.54, 1.807) is 38.1 Å². The van der Waals surface area contributed by atoms with Crippen LogP contribution in [0.5, 0.6) is 5.75 Å². The maximum Gasteiger partial charge on any atom is 2.00 e. The number of β-lactam (4-membered cyclic amide) rings is 1. The molecule has 2 heterocycles. The molecule has 26 heavy (non-hydrogen) atoms. The summed E-state index contributed by atoms with van der Waals surface area (Å²) in [6.07, 6.45) is 0. The number of hydrogen-bond donors (Lipinski definition) is 2. The summed E-state index contributed by atoms with van der Waals surface area (Å²) in [5, 5.41) is 11.6. The molecule has 2 aliphatic rings. The number of thioether (sulfide) groups is 1. The molecule has 1 aromatic carbocycles. The summed E-state index contributed by atoms with van der Waals surface area (Å²) in [4.78, 5) is 37.0. The molecule has 2 N–H and O–H groups in total. The molecule has 1 aromatic rings. The van der Waals surface area contributed by atoms with Crippen molar-refractivity contribution in [3.8, 4) is 5.75 Å². The molecule has 2 amide bonds. The van der Waals surface area contributed by atoms with Gasteiger partial charge in [-0.05, 0) is 26.0 Å². The topological polar surface area (TPSA) is 95.9 Å². The van der Waals surface area contributed by atoms with E-state index in [-0.39, 0.29) is 122 Å². The number of aliphatic carboxylic acids is 1. The summed E-state index contributed by atoms with van der Waals surface area (Å²) in [5.74, 6) is -1.23. The number of amides is 2. The molecular weight excluding hydrogens is 509 g/mol. The van der Waals surface area contributed by atoms with Crippen LogP contribution in [0.3, 0.4) is 0 Å². The molecule has 2 fully saturated rings. The minimum absolute atomic E-state index is 0. The second kappa shape index (κ2) is 10.1. The van der Waals surface area contributed by atoms with Crippen LogP contribution in [-0.4, -0.2) is 105 Å². The predicted molar refractivity (Wildman–Crippen MR) is 96.7 cm³/mol. The van der Waals surface area contributed by atoms with Gasteiger partial charge in [-0.25, -0.2) is 4.79 Å². The van der Waals surface area contributed by atoms with Gasteiger partial charge in [0.1, 0.15) is 23.2 Å². The van der Waals surface area contributed by atoms with E-state index in [0.29, 0.717) is 5.75 Å². The Balaban J connectivity index is -0.00000135. The van der Waals surface area contributed by atoms with Crippen molar-refractivity contribution in [2.24, 2.45) is 0 Å². The minimum Gasteiger partial charge on any atom is -1.00 e. The molecule has 3 rings (SSSR count). The summed E-state index contributed by atoms with van der Waals surface area (Å²) in [6, 6.07) is 7.31. The van der Waals surface area contributed by atoms with E-state index in [4.69, 9.17) is 4.74 Å². The molecule has 0 aliphatic carbocycles. The molecule has 0 unspecified atom stereocenters. The van der Waals surface area contributed by atoms with Gasteiger partial charge < -0.3 is 24.3 Å². The molecule has 2 saturated heterocycles. The zero-order valence-corrected chi connectivity index (χ0v) is 23.3.